The molecule has 2 heterocycles. The van der Waals surface area contributed by atoms with Crippen LogP contribution >= 0.6 is 0 Å². The van der Waals surface area contributed by atoms with Crippen LogP contribution in [0, 0.1) is 6.92 Å². The topological polar surface area (TPSA) is 64.4 Å². The minimum absolute atomic E-state index is 0.129. The van der Waals surface area contributed by atoms with E-state index in [2.05, 4.69) is 4.98 Å². The number of ether oxygens (including phenoxy) is 1. The van der Waals surface area contributed by atoms with Crippen molar-refractivity contribution >= 4 is 22.9 Å². The van der Waals surface area contributed by atoms with Crippen LogP contribution < -0.4 is 0 Å². The Balaban J connectivity index is 1.49. The third-order valence-corrected chi connectivity index (χ3v) is 5.52. The van der Waals surface area contributed by atoms with Gasteiger partial charge in [0.05, 0.1) is 16.6 Å². The molecule has 150 valence electrons. The number of aryl methyl sites for hydroxylation is 1. The fourth-order valence-corrected chi connectivity index (χ4v) is 3.99. The monoisotopic (exact) mass is 391 g/mol. The standard InChI is InChI=1S/C23H25N3O3/c1-16-8-6-7-13-25(16)22(27)15-29-23(28)18-11-12-21-20(14-18)24-17(2)26(21)19-9-4-3-5-10-19/h3-5,9-12,14,16H,6-8,13,15H2,1-2H3. The van der Waals surface area contributed by atoms with E-state index in [1.165, 1.54) is 0 Å². The zero-order chi connectivity index (χ0) is 20.4. The number of imidazole rings is 1. The molecule has 1 unspecified atom stereocenters. The minimum Gasteiger partial charge on any atom is -0.452 e. The second-order valence-corrected chi connectivity index (χ2v) is 7.54. The van der Waals surface area contributed by atoms with Gasteiger partial charge in [-0.2, -0.15) is 0 Å². The highest BCUT2D eigenvalue weighted by Crippen LogP contribution is 2.23. The maximum atomic E-state index is 12.5. The summed E-state index contributed by atoms with van der Waals surface area (Å²) in [4.78, 5) is 31.3. The van der Waals surface area contributed by atoms with Crippen LogP contribution in [0.4, 0.5) is 0 Å². The average molecular weight is 391 g/mol. The summed E-state index contributed by atoms with van der Waals surface area (Å²) in [5.74, 6) is 0.207. The molecule has 4 rings (SSSR count). The van der Waals surface area contributed by atoms with Crippen molar-refractivity contribution in [2.45, 2.75) is 39.2 Å². The summed E-state index contributed by atoms with van der Waals surface area (Å²) >= 11 is 0. The molecule has 0 spiro atoms. The van der Waals surface area contributed by atoms with E-state index in [0.717, 1.165) is 48.4 Å². The number of likely N-dealkylation sites (tertiary alicyclic amines) is 1. The Kier molecular flexibility index (Phi) is 5.34. The molecule has 0 aliphatic carbocycles. The van der Waals surface area contributed by atoms with Crippen LogP contribution in [-0.4, -0.2) is 45.5 Å². The van der Waals surface area contributed by atoms with E-state index in [1.807, 2.05) is 59.7 Å². The first-order chi connectivity index (χ1) is 14.0. The summed E-state index contributed by atoms with van der Waals surface area (Å²) in [5.41, 5.74) is 3.05. The first kappa shape index (κ1) is 19.2. The molecule has 3 aromatic rings. The van der Waals surface area contributed by atoms with E-state index in [9.17, 15) is 9.59 Å². The molecule has 0 radical (unpaired) electrons. The van der Waals surface area contributed by atoms with Gasteiger partial charge in [0.2, 0.25) is 0 Å². The Morgan fingerprint density at radius 2 is 1.93 bits per heavy atom. The van der Waals surface area contributed by atoms with Crippen LogP contribution in [0.2, 0.25) is 0 Å². The van der Waals surface area contributed by atoms with Gasteiger partial charge < -0.3 is 9.64 Å². The lowest BCUT2D eigenvalue weighted by Crippen LogP contribution is -2.44. The zero-order valence-corrected chi connectivity index (χ0v) is 16.8. The number of esters is 1. The molecule has 6 nitrogen and oxygen atoms in total. The Labute approximate surface area is 170 Å². The summed E-state index contributed by atoms with van der Waals surface area (Å²) in [5, 5.41) is 0. The summed E-state index contributed by atoms with van der Waals surface area (Å²) in [6.45, 7) is 4.49. The number of amides is 1. The Morgan fingerprint density at radius 3 is 2.69 bits per heavy atom. The molecule has 2 aromatic carbocycles. The van der Waals surface area contributed by atoms with E-state index >= 15 is 0 Å². The lowest BCUT2D eigenvalue weighted by Gasteiger charge is -2.33. The number of rotatable bonds is 4. The van der Waals surface area contributed by atoms with E-state index in [0.29, 0.717) is 5.56 Å². The van der Waals surface area contributed by atoms with Gasteiger partial charge in [-0.15, -0.1) is 0 Å². The third-order valence-electron chi connectivity index (χ3n) is 5.52. The molecule has 1 aromatic heterocycles. The average Bonchev–Trinajstić information content (AvgIpc) is 3.07. The summed E-state index contributed by atoms with van der Waals surface area (Å²) in [6, 6.07) is 15.5. The first-order valence-corrected chi connectivity index (χ1v) is 10.1. The SMILES string of the molecule is Cc1nc2cc(C(=O)OCC(=O)N3CCCCC3C)ccc2n1-c1ccccc1. The number of carbonyl (C=O) groups excluding carboxylic acids is 2. The van der Waals surface area contributed by atoms with Crippen LogP contribution in [0.3, 0.4) is 0 Å². The van der Waals surface area contributed by atoms with E-state index in [4.69, 9.17) is 4.74 Å². The van der Waals surface area contributed by atoms with Crippen molar-refractivity contribution in [2.75, 3.05) is 13.2 Å². The number of carbonyl (C=O) groups is 2. The van der Waals surface area contributed by atoms with Crippen LogP contribution in [0.1, 0.15) is 42.4 Å². The maximum Gasteiger partial charge on any atom is 0.338 e. The maximum absolute atomic E-state index is 12.5. The molecule has 1 fully saturated rings. The van der Waals surface area contributed by atoms with E-state index in [-0.39, 0.29) is 18.6 Å². The third kappa shape index (κ3) is 3.88. The van der Waals surface area contributed by atoms with Crippen molar-refractivity contribution in [1.82, 2.24) is 14.5 Å². The number of hydrogen-bond donors (Lipinski definition) is 0. The molecular formula is C23H25N3O3. The Hall–Kier alpha value is -3.15. The highest BCUT2D eigenvalue weighted by molar-refractivity contribution is 5.95. The molecule has 1 saturated heterocycles. The van der Waals surface area contributed by atoms with Gasteiger partial charge >= 0.3 is 5.97 Å². The van der Waals surface area contributed by atoms with Crippen LogP contribution in [0.5, 0.6) is 0 Å². The van der Waals surface area contributed by atoms with Crippen molar-refractivity contribution in [2.24, 2.45) is 0 Å². The summed E-state index contributed by atoms with van der Waals surface area (Å²) in [6.07, 6.45) is 3.14. The second kappa shape index (κ2) is 8.07. The lowest BCUT2D eigenvalue weighted by molar-refractivity contribution is -0.137. The number of aromatic nitrogens is 2. The fourth-order valence-electron chi connectivity index (χ4n) is 3.99. The van der Waals surface area contributed by atoms with Crippen LogP contribution in [-0.2, 0) is 9.53 Å². The number of para-hydroxylation sites is 1. The largest absolute Gasteiger partial charge is 0.452 e. The van der Waals surface area contributed by atoms with Crippen molar-refractivity contribution in [1.29, 1.82) is 0 Å². The van der Waals surface area contributed by atoms with E-state index in [1.54, 1.807) is 12.1 Å². The predicted octanol–water partition coefficient (Wildman–Crippen LogP) is 3.89. The number of hydrogen-bond acceptors (Lipinski definition) is 4. The first-order valence-electron chi connectivity index (χ1n) is 10.1. The van der Waals surface area contributed by atoms with Crippen LogP contribution in [0.25, 0.3) is 16.7 Å². The molecule has 29 heavy (non-hydrogen) atoms. The Morgan fingerprint density at radius 1 is 1.14 bits per heavy atom. The van der Waals surface area contributed by atoms with Crippen LogP contribution in [0.15, 0.2) is 48.5 Å². The number of benzene rings is 2. The lowest BCUT2D eigenvalue weighted by atomic mass is 10.0. The molecule has 1 aliphatic heterocycles. The van der Waals surface area contributed by atoms with Gasteiger partial charge in [0.15, 0.2) is 6.61 Å². The fraction of sp³-hybridized carbons (Fsp3) is 0.348. The zero-order valence-electron chi connectivity index (χ0n) is 16.8. The van der Waals surface area contributed by atoms with Gasteiger partial charge in [0.1, 0.15) is 5.82 Å². The number of piperidine rings is 1. The van der Waals surface area contributed by atoms with Crippen molar-refractivity contribution in [3.05, 3.63) is 59.9 Å². The van der Waals surface area contributed by atoms with Gasteiger partial charge in [0, 0.05) is 18.3 Å². The molecular weight excluding hydrogens is 366 g/mol. The van der Waals surface area contributed by atoms with E-state index < -0.39 is 5.97 Å². The second-order valence-electron chi connectivity index (χ2n) is 7.54. The molecule has 0 N–H and O–H groups in total. The molecule has 6 heteroatoms. The van der Waals surface area contributed by atoms with Gasteiger partial charge in [-0.3, -0.25) is 9.36 Å². The Bertz CT molecular complexity index is 1040. The molecule has 1 aliphatic rings. The highest BCUT2D eigenvalue weighted by atomic mass is 16.5. The molecule has 0 saturated carbocycles. The smallest absolute Gasteiger partial charge is 0.338 e. The number of nitrogens with zero attached hydrogens (tertiary/aromatic N) is 3. The van der Waals surface area contributed by atoms with Crippen molar-refractivity contribution in [3.63, 3.8) is 0 Å². The predicted molar refractivity (Wildman–Crippen MR) is 111 cm³/mol. The van der Waals surface area contributed by atoms with Gasteiger partial charge in [-0.25, -0.2) is 9.78 Å². The van der Waals surface area contributed by atoms with Gasteiger partial charge in [-0.05, 0) is 63.4 Å². The summed E-state index contributed by atoms with van der Waals surface area (Å²) in [7, 11) is 0. The molecule has 1 amide bonds. The quantitative estimate of drug-likeness (QED) is 0.633. The van der Waals surface area contributed by atoms with Crippen molar-refractivity contribution in [3.8, 4) is 5.69 Å². The summed E-state index contributed by atoms with van der Waals surface area (Å²) < 4.78 is 7.34. The minimum atomic E-state index is -0.503. The normalized spacial score (nSPS) is 16.8. The highest BCUT2D eigenvalue weighted by Gasteiger charge is 2.24. The molecule has 1 atom stereocenters. The van der Waals surface area contributed by atoms with Gasteiger partial charge in [-0.1, -0.05) is 18.2 Å². The molecule has 0 bridgehead atoms. The van der Waals surface area contributed by atoms with Gasteiger partial charge in [0.25, 0.3) is 5.91 Å². The van der Waals surface area contributed by atoms with Crippen molar-refractivity contribution < 1.29 is 14.3 Å². The number of fused-ring (bicyclic) bond motifs is 1.